The minimum atomic E-state index is -1.24. The fraction of sp³-hybridized carbons (Fsp3) is 1.00. The van der Waals surface area contributed by atoms with Crippen molar-refractivity contribution in [3.63, 3.8) is 0 Å². The first-order chi connectivity index (χ1) is 7.24. The van der Waals surface area contributed by atoms with Crippen molar-refractivity contribution in [1.82, 2.24) is 0 Å². The van der Waals surface area contributed by atoms with Crippen LogP contribution in [0.1, 0.15) is 33.6 Å². The Labute approximate surface area is 93.8 Å². The largest absolute Gasteiger partial charge is 0.353 e. The molecule has 0 bridgehead atoms. The van der Waals surface area contributed by atoms with Gasteiger partial charge in [-0.2, -0.15) is 0 Å². The second-order valence-electron chi connectivity index (χ2n) is 2.98. The summed E-state index contributed by atoms with van der Waals surface area (Å²) in [7, 11) is -1.24. The summed E-state index contributed by atoms with van der Waals surface area (Å²) in [4.78, 5) is 9.38. The highest BCUT2D eigenvalue weighted by Crippen LogP contribution is 2.32. The lowest BCUT2D eigenvalue weighted by Crippen LogP contribution is -2.17. The lowest BCUT2D eigenvalue weighted by molar-refractivity contribution is -0.139. The molecular formula is C10H23O4P. The van der Waals surface area contributed by atoms with Crippen LogP contribution in [0, 0.1) is 0 Å². The molecule has 0 aliphatic rings. The van der Waals surface area contributed by atoms with E-state index in [9.17, 15) is 4.89 Å². The topological polar surface area (TPSA) is 47.9 Å². The highest BCUT2D eigenvalue weighted by Gasteiger charge is 2.10. The van der Waals surface area contributed by atoms with E-state index in [0.29, 0.717) is 26.0 Å². The van der Waals surface area contributed by atoms with Gasteiger partial charge in [-0.3, -0.25) is 0 Å². The molecule has 15 heavy (non-hydrogen) atoms. The van der Waals surface area contributed by atoms with Gasteiger partial charge in [0, 0.05) is 19.4 Å². The molecule has 4 nitrogen and oxygen atoms in total. The summed E-state index contributed by atoms with van der Waals surface area (Å²) in [5, 5.41) is 0. The lowest BCUT2D eigenvalue weighted by atomic mass is 10.3. The first-order valence-electron chi connectivity index (χ1n) is 5.57. The van der Waals surface area contributed by atoms with Crippen LogP contribution in [-0.2, 0) is 14.0 Å². The van der Waals surface area contributed by atoms with Crippen LogP contribution in [0.25, 0.3) is 0 Å². The molecule has 1 atom stereocenters. The number of hydrogen-bond acceptors (Lipinski definition) is 4. The molecule has 0 amide bonds. The average Bonchev–Trinajstić information content (AvgIpc) is 2.19. The molecule has 0 aliphatic heterocycles. The van der Waals surface area contributed by atoms with Crippen LogP contribution in [0.3, 0.4) is 0 Å². The minimum absolute atomic E-state index is 0.134. The summed E-state index contributed by atoms with van der Waals surface area (Å²) in [5.41, 5.74) is 0. The van der Waals surface area contributed by atoms with Crippen molar-refractivity contribution < 1.29 is 18.9 Å². The second-order valence-corrected chi connectivity index (χ2v) is 4.39. The molecule has 0 aromatic heterocycles. The molecule has 0 aliphatic carbocycles. The van der Waals surface area contributed by atoms with Crippen LogP contribution in [-0.4, -0.2) is 37.2 Å². The van der Waals surface area contributed by atoms with E-state index in [1.54, 1.807) is 0 Å². The Balaban J connectivity index is 3.51. The highest BCUT2D eigenvalue weighted by atomic mass is 31.2. The van der Waals surface area contributed by atoms with Crippen LogP contribution in [0.2, 0.25) is 0 Å². The molecular weight excluding hydrogens is 215 g/mol. The summed E-state index contributed by atoms with van der Waals surface area (Å²) in [6, 6.07) is 0. The van der Waals surface area contributed by atoms with Gasteiger partial charge in [0.2, 0.25) is 0 Å². The van der Waals surface area contributed by atoms with Gasteiger partial charge in [-0.1, -0.05) is 0 Å². The third-order valence-corrected chi connectivity index (χ3v) is 3.03. The second kappa shape index (κ2) is 10.8. The van der Waals surface area contributed by atoms with Gasteiger partial charge in [-0.25, -0.2) is 0 Å². The quantitative estimate of drug-likeness (QED) is 0.469. The van der Waals surface area contributed by atoms with E-state index in [1.165, 1.54) is 0 Å². The predicted molar refractivity (Wildman–Crippen MR) is 61.9 cm³/mol. The zero-order valence-electron chi connectivity index (χ0n) is 9.94. The van der Waals surface area contributed by atoms with E-state index in [2.05, 4.69) is 0 Å². The molecule has 0 aromatic carbocycles. The van der Waals surface area contributed by atoms with E-state index in [1.807, 2.05) is 20.8 Å². The van der Waals surface area contributed by atoms with Gasteiger partial charge in [-0.15, -0.1) is 0 Å². The highest BCUT2D eigenvalue weighted by molar-refractivity contribution is 7.46. The molecule has 1 unspecified atom stereocenters. The zero-order chi connectivity index (χ0) is 11.5. The van der Waals surface area contributed by atoms with Crippen LogP contribution < -0.4 is 0 Å². The molecule has 0 saturated heterocycles. The van der Waals surface area contributed by atoms with Gasteiger partial charge in [0.05, 0.1) is 6.61 Å². The van der Waals surface area contributed by atoms with Gasteiger partial charge in [0.15, 0.2) is 14.7 Å². The molecule has 92 valence electrons. The molecule has 0 spiro atoms. The third kappa shape index (κ3) is 9.21. The van der Waals surface area contributed by atoms with E-state index >= 15 is 0 Å². The Hall–Kier alpha value is 0.270. The summed E-state index contributed by atoms with van der Waals surface area (Å²) in [5.74, 6) is 0. The number of ether oxygens (including phenoxy) is 2. The van der Waals surface area contributed by atoms with Crippen molar-refractivity contribution in [2.24, 2.45) is 0 Å². The molecule has 0 heterocycles. The Morgan fingerprint density at radius 2 is 1.67 bits per heavy atom. The van der Waals surface area contributed by atoms with Crippen LogP contribution in [0.5, 0.6) is 0 Å². The first-order valence-corrected chi connectivity index (χ1v) is 6.96. The lowest BCUT2D eigenvalue weighted by Gasteiger charge is -2.17. The maximum absolute atomic E-state index is 9.38. The van der Waals surface area contributed by atoms with Gasteiger partial charge in [-0.05, 0) is 33.6 Å². The maximum atomic E-state index is 9.38. The molecule has 0 aromatic rings. The Bertz CT molecular complexity index is 129. The van der Waals surface area contributed by atoms with Crippen molar-refractivity contribution in [1.29, 1.82) is 0 Å². The van der Waals surface area contributed by atoms with E-state index < -0.39 is 8.38 Å². The van der Waals surface area contributed by atoms with Gasteiger partial charge in [0.1, 0.15) is 0 Å². The fourth-order valence-electron chi connectivity index (χ4n) is 1.19. The number of hydrogen-bond donors (Lipinski definition) is 1. The number of rotatable bonds is 10. The zero-order valence-corrected chi connectivity index (χ0v) is 10.8. The minimum Gasteiger partial charge on any atom is -0.353 e. The molecule has 5 heteroatoms. The first kappa shape index (κ1) is 15.3. The Morgan fingerprint density at radius 1 is 1.07 bits per heavy atom. The van der Waals surface area contributed by atoms with E-state index in [4.69, 9.17) is 14.0 Å². The summed E-state index contributed by atoms with van der Waals surface area (Å²) >= 11 is 0. The van der Waals surface area contributed by atoms with Crippen molar-refractivity contribution >= 4 is 8.38 Å². The van der Waals surface area contributed by atoms with Crippen molar-refractivity contribution in [3.8, 4) is 0 Å². The van der Waals surface area contributed by atoms with E-state index in [-0.39, 0.29) is 6.29 Å². The fourth-order valence-corrected chi connectivity index (χ4v) is 2.07. The third-order valence-electron chi connectivity index (χ3n) is 1.77. The smallest absolute Gasteiger partial charge is 0.167 e. The molecule has 1 N–H and O–H groups in total. The monoisotopic (exact) mass is 238 g/mol. The summed E-state index contributed by atoms with van der Waals surface area (Å²) in [6.07, 6.45) is 2.24. The summed E-state index contributed by atoms with van der Waals surface area (Å²) in [6.45, 7) is 7.67. The van der Waals surface area contributed by atoms with Crippen LogP contribution in [0.15, 0.2) is 0 Å². The van der Waals surface area contributed by atoms with Crippen molar-refractivity contribution in [2.45, 2.75) is 39.9 Å². The molecule has 0 fully saturated rings. The van der Waals surface area contributed by atoms with Crippen LogP contribution >= 0.6 is 8.38 Å². The Kier molecular flexibility index (Phi) is 11.0. The average molecular weight is 238 g/mol. The normalized spacial score (nSPS) is 13.4. The maximum Gasteiger partial charge on any atom is 0.167 e. The Morgan fingerprint density at radius 3 is 2.13 bits per heavy atom. The molecule has 0 rings (SSSR count). The van der Waals surface area contributed by atoms with Gasteiger partial charge in [0.25, 0.3) is 0 Å². The van der Waals surface area contributed by atoms with E-state index in [0.717, 1.165) is 12.8 Å². The van der Waals surface area contributed by atoms with Crippen molar-refractivity contribution in [2.75, 3.05) is 26.0 Å². The van der Waals surface area contributed by atoms with Gasteiger partial charge >= 0.3 is 0 Å². The SMILES string of the molecule is CCOC(CCCP(O)OCC)OCC. The predicted octanol–water partition coefficient (Wildman–Crippen LogP) is 2.51. The summed E-state index contributed by atoms with van der Waals surface area (Å²) < 4.78 is 15.9. The van der Waals surface area contributed by atoms with Crippen LogP contribution in [0.4, 0.5) is 0 Å². The molecule has 0 saturated carbocycles. The standard InChI is InChI=1S/C10H23O4P/c1-4-12-10(13-5-2)8-7-9-15(11)14-6-3/h10-11H,4-9H2,1-3H3. The van der Waals surface area contributed by atoms with Gasteiger partial charge < -0.3 is 18.9 Å². The molecule has 0 radical (unpaired) electrons. The van der Waals surface area contributed by atoms with Crippen molar-refractivity contribution in [3.05, 3.63) is 0 Å².